The Bertz CT molecular complexity index is 730. The molecule has 2 N–H and O–H groups in total. The highest BCUT2D eigenvalue weighted by molar-refractivity contribution is 8.14. The van der Waals surface area contributed by atoms with Crippen LogP contribution < -0.4 is 5.32 Å². The van der Waals surface area contributed by atoms with Gasteiger partial charge in [0.2, 0.25) is 6.41 Å². The highest BCUT2D eigenvalue weighted by atomic mass is 32.2. The summed E-state index contributed by atoms with van der Waals surface area (Å²) in [6.07, 6.45) is 1.81. The molecule has 0 spiro atoms. The third-order valence-corrected chi connectivity index (χ3v) is 5.89. The van der Waals surface area contributed by atoms with Gasteiger partial charge in [0.15, 0.2) is 5.76 Å². The minimum Gasteiger partial charge on any atom is -0.477 e. The molecule has 1 aromatic rings. The number of nitrogens with one attached hydrogen (secondary N) is 1. The van der Waals surface area contributed by atoms with Gasteiger partial charge >= 0.3 is 5.97 Å². The van der Waals surface area contributed by atoms with Crippen molar-refractivity contribution in [1.82, 2.24) is 10.2 Å². The maximum atomic E-state index is 12.1. The SMILES string of the molecule is O=CN[C@@H]1C(=O)N2C(C(=O)O)=C(CSC(=O)c3ccco3)CS[C@H]12. The van der Waals surface area contributed by atoms with E-state index in [1.54, 1.807) is 6.07 Å². The van der Waals surface area contributed by atoms with Gasteiger partial charge in [0.05, 0.1) is 6.26 Å². The van der Waals surface area contributed by atoms with E-state index < -0.39 is 23.3 Å². The summed E-state index contributed by atoms with van der Waals surface area (Å²) < 4.78 is 5.00. The maximum absolute atomic E-state index is 12.1. The number of carboxylic acids is 1. The van der Waals surface area contributed by atoms with Crippen LogP contribution in [0.3, 0.4) is 0 Å². The van der Waals surface area contributed by atoms with Crippen LogP contribution >= 0.6 is 23.5 Å². The summed E-state index contributed by atoms with van der Waals surface area (Å²) in [4.78, 5) is 47.3. The lowest BCUT2D eigenvalue weighted by atomic mass is 10.0. The van der Waals surface area contributed by atoms with Crippen LogP contribution in [-0.2, 0) is 14.4 Å². The lowest BCUT2D eigenvalue weighted by Gasteiger charge is -2.49. The summed E-state index contributed by atoms with van der Waals surface area (Å²) in [5, 5.41) is 11.1. The minimum atomic E-state index is -1.22. The molecule has 0 bridgehead atoms. The highest BCUT2D eigenvalue weighted by Crippen LogP contribution is 2.41. The first kappa shape index (κ1) is 16.7. The van der Waals surface area contributed by atoms with Crippen molar-refractivity contribution in [2.75, 3.05) is 11.5 Å². The molecule has 2 amide bonds. The number of carbonyl (C=O) groups excluding carboxylic acids is 3. The Hall–Kier alpha value is -2.20. The molecule has 10 heteroatoms. The molecule has 3 heterocycles. The summed E-state index contributed by atoms with van der Waals surface area (Å²) in [6, 6.07) is 2.42. The normalized spacial score (nSPS) is 22.7. The van der Waals surface area contributed by atoms with Crippen molar-refractivity contribution in [3.63, 3.8) is 0 Å². The first-order chi connectivity index (χ1) is 11.5. The number of fused-ring (bicyclic) bond motifs is 1. The van der Waals surface area contributed by atoms with E-state index in [1.807, 2.05) is 0 Å². The van der Waals surface area contributed by atoms with Gasteiger partial charge in [-0.2, -0.15) is 0 Å². The molecule has 1 fully saturated rings. The van der Waals surface area contributed by atoms with Crippen molar-refractivity contribution in [3.8, 4) is 0 Å². The molecular formula is C14H12N2O6S2. The van der Waals surface area contributed by atoms with Crippen LogP contribution in [0.2, 0.25) is 0 Å². The van der Waals surface area contributed by atoms with Gasteiger partial charge < -0.3 is 14.8 Å². The molecule has 0 aromatic carbocycles. The van der Waals surface area contributed by atoms with Crippen molar-refractivity contribution in [2.24, 2.45) is 0 Å². The minimum absolute atomic E-state index is 0.104. The Labute approximate surface area is 144 Å². The van der Waals surface area contributed by atoms with Crippen LogP contribution in [0.1, 0.15) is 10.6 Å². The first-order valence-electron chi connectivity index (χ1n) is 6.85. The number of amides is 2. The molecule has 0 unspecified atom stereocenters. The molecule has 2 aliphatic heterocycles. The largest absolute Gasteiger partial charge is 0.477 e. The topological polar surface area (TPSA) is 117 Å². The van der Waals surface area contributed by atoms with E-state index >= 15 is 0 Å². The highest BCUT2D eigenvalue weighted by Gasteiger charge is 2.53. The van der Waals surface area contributed by atoms with Crippen molar-refractivity contribution in [3.05, 3.63) is 35.4 Å². The molecule has 3 rings (SSSR count). The molecular weight excluding hydrogens is 356 g/mol. The number of β-lactam (4-membered cyclic amide) rings is 1. The predicted molar refractivity (Wildman–Crippen MR) is 86.2 cm³/mol. The van der Waals surface area contributed by atoms with Crippen LogP contribution in [0, 0.1) is 0 Å². The average molecular weight is 368 g/mol. The van der Waals surface area contributed by atoms with E-state index in [4.69, 9.17) is 4.42 Å². The summed E-state index contributed by atoms with van der Waals surface area (Å²) >= 11 is 2.28. The van der Waals surface area contributed by atoms with Gasteiger partial charge in [-0.05, 0) is 17.7 Å². The summed E-state index contributed by atoms with van der Waals surface area (Å²) in [5.41, 5.74) is 0.388. The second kappa shape index (κ2) is 6.73. The number of aliphatic carboxylic acids is 1. The van der Waals surface area contributed by atoms with Crippen LogP contribution in [0.5, 0.6) is 0 Å². The molecule has 1 aromatic heterocycles. The van der Waals surface area contributed by atoms with Crippen LogP contribution in [0.25, 0.3) is 0 Å². The molecule has 8 nitrogen and oxygen atoms in total. The second-order valence-corrected chi connectivity index (χ2v) is 7.04. The Morgan fingerprint density at radius 1 is 1.54 bits per heavy atom. The zero-order valence-corrected chi connectivity index (χ0v) is 13.8. The number of hydrogen-bond acceptors (Lipinski definition) is 7. The number of carboxylic acid groups (broad SMARTS) is 1. The van der Waals surface area contributed by atoms with Gasteiger partial charge in [0.1, 0.15) is 17.1 Å². The van der Waals surface area contributed by atoms with Gasteiger partial charge in [-0.1, -0.05) is 11.8 Å². The summed E-state index contributed by atoms with van der Waals surface area (Å²) in [7, 11) is 0. The Kier molecular flexibility index (Phi) is 4.67. The van der Waals surface area contributed by atoms with E-state index in [9.17, 15) is 24.3 Å². The molecule has 0 saturated carbocycles. The van der Waals surface area contributed by atoms with Gasteiger partial charge in [-0.25, -0.2) is 4.79 Å². The standard InChI is InChI=1S/C14H12N2O6S2/c17-6-15-9-11(18)16-10(13(19)20)7(4-23-12(9)16)5-24-14(21)8-2-1-3-22-8/h1-3,6,9,12H,4-5H2,(H,15,17)(H,19,20)/t9-,12-/m1/s1. The Morgan fingerprint density at radius 2 is 2.33 bits per heavy atom. The van der Waals surface area contributed by atoms with Crippen molar-refractivity contribution < 1.29 is 28.7 Å². The third-order valence-electron chi connectivity index (χ3n) is 3.60. The number of rotatable bonds is 6. The Morgan fingerprint density at radius 3 is 2.96 bits per heavy atom. The lowest BCUT2D eigenvalue weighted by Crippen LogP contribution is -2.69. The van der Waals surface area contributed by atoms with Crippen LogP contribution in [0.15, 0.2) is 34.1 Å². The molecule has 0 aliphatic carbocycles. The van der Waals surface area contributed by atoms with E-state index in [-0.39, 0.29) is 22.3 Å². The number of furan rings is 1. The number of hydrogen-bond donors (Lipinski definition) is 2. The average Bonchev–Trinajstić information content (AvgIpc) is 3.11. The summed E-state index contributed by atoms with van der Waals surface area (Å²) in [5.74, 6) is -0.980. The molecule has 2 atom stereocenters. The quantitative estimate of drug-likeness (QED) is 0.551. The van der Waals surface area contributed by atoms with Crippen LogP contribution in [-0.4, -0.2) is 56.3 Å². The predicted octanol–water partition coefficient (Wildman–Crippen LogP) is 0.521. The van der Waals surface area contributed by atoms with Gasteiger partial charge in [-0.3, -0.25) is 19.3 Å². The van der Waals surface area contributed by atoms with Gasteiger partial charge in [0, 0.05) is 11.5 Å². The van der Waals surface area contributed by atoms with Gasteiger partial charge in [-0.15, -0.1) is 11.8 Å². The van der Waals surface area contributed by atoms with Gasteiger partial charge in [0.25, 0.3) is 11.0 Å². The molecule has 1 saturated heterocycles. The monoisotopic (exact) mass is 368 g/mol. The van der Waals surface area contributed by atoms with Crippen LogP contribution in [0.4, 0.5) is 0 Å². The maximum Gasteiger partial charge on any atom is 0.352 e. The molecule has 0 radical (unpaired) electrons. The molecule has 126 valence electrons. The van der Waals surface area contributed by atoms with E-state index in [1.165, 1.54) is 29.0 Å². The van der Waals surface area contributed by atoms with E-state index in [0.29, 0.717) is 17.7 Å². The molecule has 24 heavy (non-hydrogen) atoms. The summed E-state index contributed by atoms with van der Waals surface area (Å²) in [6.45, 7) is 0. The third kappa shape index (κ3) is 2.82. The fourth-order valence-electron chi connectivity index (χ4n) is 2.51. The Balaban J connectivity index is 1.76. The first-order valence-corrected chi connectivity index (χ1v) is 8.88. The number of nitrogens with zero attached hydrogens (tertiary/aromatic N) is 1. The lowest BCUT2D eigenvalue weighted by molar-refractivity contribution is -0.149. The smallest absolute Gasteiger partial charge is 0.352 e. The van der Waals surface area contributed by atoms with E-state index in [0.717, 1.165) is 11.8 Å². The van der Waals surface area contributed by atoms with Crippen molar-refractivity contribution >= 4 is 46.9 Å². The number of thioether (sulfide) groups is 2. The fraction of sp³-hybridized carbons (Fsp3) is 0.286. The number of carbonyl (C=O) groups is 4. The van der Waals surface area contributed by atoms with E-state index in [2.05, 4.69) is 5.32 Å². The zero-order chi connectivity index (χ0) is 17.3. The van der Waals surface area contributed by atoms with Crippen molar-refractivity contribution in [1.29, 1.82) is 0 Å². The second-order valence-electron chi connectivity index (χ2n) is 4.98. The van der Waals surface area contributed by atoms with Crippen molar-refractivity contribution in [2.45, 2.75) is 11.4 Å². The molecule has 2 aliphatic rings. The fourth-order valence-corrected chi connectivity index (χ4v) is 4.79. The zero-order valence-electron chi connectivity index (χ0n) is 12.1.